The van der Waals surface area contributed by atoms with Crippen LogP contribution in [0.15, 0.2) is 66.7 Å². The number of phenolic OH excluding ortho intramolecular Hbond substituents is 6. The molecule has 4 aromatic carbocycles. The molecule has 0 unspecified atom stereocenters. The van der Waals surface area contributed by atoms with Gasteiger partial charge in [0.25, 0.3) is 0 Å². The molecule has 208 valence electrons. The van der Waals surface area contributed by atoms with Gasteiger partial charge in [0.15, 0.2) is 18.0 Å². The van der Waals surface area contributed by atoms with Crippen LogP contribution in [-0.4, -0.2) is 53.4 Å². The SMILES string of the molecule is O=C1c2c(O)cc(O)cc2O[C@H](c2ccc(O)cc2)[C@H]1c1c(O)cc(O)c2c1O[C@@H](c1ccc(O)cc1)[C@@H](O)C2=O. The molecule has 41 heavy (non-hydrogen) atoms. The third kappa shape index (κ3) is 4.10. The first-order chi connectivity index (χ1) is 19.5. The highest BCUT2D eigenvalue weighted by atomic mass is 16.5. The van der Waals surface area contributed by atoms with Crippen LogP contribution in [-0.2, 0) is 0 Å². The van der Waals surface area contributed by atoms with Gasteiger partial charge in [0.05, 0.1) is 11.5 Å². The second-order valence-electron chi connectivity index (χ2n) is 9.78. The van der Waals surface area contributed by atoms with Crippen LogP contribution < -0.4 is 9.47 Å². The summed E-state index contributed by atoms with van der Waals surface area (Å²) < 4.78 is 12.1. The van der Waals surface area contributed by atoms with Crippen LogP contribution in [0.2, 0.25) is 0 Å². The number of Topliss-reactive ketones (excluding diaryl/α,β-unsaturated/α-hetero) is 2. The lowest BCUT2D eigenvalue weighted by Gasteiger charge is -2.37. The van der Waals surface area contributed by atoms with Crippen LogP contribution in [0, 0.1) is 0 Å². The predicted molar refractivity (Wildman–Crippen MR) is 140 cm³/mol. The summed E-state index contributed by atoms with van der Waals surface area (Å²) >= 11 is 0. The number of benzene rings is 4. The molecule has 0 saturated heterocycles. The zero-order chi connectivity index (χ0) is 29.2. The Hall–Kier alpha value is -5.42. The summed E-state index contributed by atoms with van der Waals surface area (Å²) in [5.41, 5.74) is -0.418. The molecule has 0 radical (unpaired) electrons. The third-order valence-corrected chi connectivity index (χ3v) is 7.23. The van der Waals surface area contributed by atoms with Gasteiger partial charge in [-0.15, -0.1) is 0 Å². The average Bonchev–Trinajstić information content (AvgIpc) is 2.92. The normalized spacial score (nSPS) is 21.4. The number of aromatic hydroxyl groups is 6. The molecule has 11 heteroatoms. The van der Waals surface area contributed by atoms with Gasteiger partial charge >= 0.3 is 0 Å². The minimum Gasteiger partial charge on any atom is -0.508 e. The lowest BCUT2D eigenvalue weighted by molar-refractivity contribution is 0.0197. The number of ketones is 2. The molecule has 0 aliphatic carbocycles. The van der Waals surface area contributed by atoms with Gasteiger partial charge in [-0.25, -0.2) is 0 Å². The summed E-state index contributed by atoms with van der Waals surface area (Å²) in [7, 11) is 0. The van der Waals surface area contributed by atoms with Crippen molar-refractivity contribution >= 4 is 11.6 Å². The zero-order valence-corrected chi connectivity index (χ0v) is 20.9. The van der Waals surface area contributed by atoms with Crippen molar-refractivity contribution in [2.75, 3.05) is 0 Å². The minimum atomic E-state index is -1.78. The molecule has 7 N–H and O–H groups in total. The molecule has 6 rings (SSSR count). The molecule has 4 aromatic rings. The fourth-order valence-electron chi connectivity index (χ4n) is 5.33. The van der Waals surface area contributed by atoms with E-state index in [-0.39, 0.29) is 45.4 Å². The van der Waals surface area contributed by atoms with Crippen molar-refractivity contribution < 1.29 is 54.8 Å². The van der Waals surface area contributed by atoms with Gasteiger partial charge < -0.3 is 45.2 Å². The number of aliphatic hydroxyl groups excluding tert-OH is 1. The Kier molecular flexibility index (Phi) is 5.89. The number of rotatable bonds is 3. The van der Waals surface area contributed by atoms with E-state index < -0.39 is 58.6 Å². The highest BCUT2D eigenvalue weighted by molar-refractivity contribution is 6.10. The van der Waals surface area contributed by atoms with Gasteiger partial charge in [0, 0.05) is 18.2 Å². The van der Waals surface area contributed by atoms with Gasteiger partial charge in [-0.2, -0.15) is 0 Å². The first-order valence-electron chi connectivity index (χ1n) is 12.4. The lowest BCUT2D eigenvalue weighted by Crippen LogP contribution is -2.38. The second kappa shape index (κ2) is 9.35. The summed E-state index contributed by atoms with van der Waals surface area (Å²) in [5, 5.41) is 72.7. The Morgan fingerprint density at radius 3 is 1.73 bits per heavy atom. The highest BCUT2D eigenvalue weighted by Gasteiger charge is 2.48. The number of aliphatic hydroxyl groups is 1. The molecule has 4 atom stereocenters. The largest absolute Gasteiger partial charge is 0.508 e. The van der Waals surface area contributed by atoms with Crippen LogP contribution in [0.25, 0.3) is 0 Å². The number of hydrogen-bond donors (Lipinski definition) is 7. The maximum absolute atomic E-state index is 14.1. The summed E-state index contributed by atoms with van der Waals surface area (Å²) in [6.07, 6.45) is -4.37. The van der Waals surface area contributed by atoms with Crippen LogP contribution in [0.1, 0.15) is 55.5 Å². The van der Waals surface area contributed by atoms with Crippen molar-refractivity contribution in [1.82, 2.24) is 0 Å². The standard InChI is InChI=1S/C30H22O11/c31-14-5-1-12(2-6-14)28-24(25(37)21-17(34)9-16(33)10-20(21)40-28)22-18(35)11-19(36)23-26(38)27(39)29(41-30(22)23)13-3-7-15(32)8-4-13/h1-11,24,27-29,31-36,39H/t24-,27-,28+,29-/m0/s1. The molecular weight excluding hydrogens is 536 g/mol. The van der Waals surface area contributed by atoms with E-state index >= 15 is 0 Å². The van der Waals surface area contributed by atoms with Crippen LogP contribution in [0.3, 0.4) is 0 Å². The van der Waals surface area contributed by atoms with Crippen molar-refractivity contribution in [2.24, 2.45) is 0 Å². The Balaban J connectivity index is 1.59. The topological polar surface area (TPSA) is 194 Å². The maximum Gasteiger partial charge on any atom is 0.202 e. The van der Waals surface area contributed by atoms with E-state index in [0.29, 0.717) is 5.56 Å². The molecule has 2 aliphatic heterocycles. The van der Waals surface area contributed by atoms with E-state index in [4.69, 9.17) is 9.47 Å². The molecule has 0 spiro atoms. The molecule has 0 aromatic heterocycles. The number of carbonyl (C=O) groups is 2. The minimum absolute atomic E-state index is 0.0760. The van der Waals surface area contributed by atoms with Crippen molar-refractivity contribution in [3.63, 3.8) is 0 Å². The van der Waals surface area contributed by atoms with Crippen molar-refractivity contribution in [3.05, 3.63) is 94.5 Å². The molecule has 2 aliphatic rings. The Bertz CT molecular complexity index is 1710. The first-order valence-corrected chi connectivity index (χ1v) is 12.4. The first kappa shape index (κ1) is 25.8. The molecule has 0 saturated carbocycles. The monoisotopic (exact) mass is 558 g/mol. The van der Waals surface area contributed by atoms with Gasteiger partial charge in [-0.05, 0) is 35.4 Å². The van der Waals surface area contributed by atoms with Gasteiger partial charge in [0.2, 0.25) is 5.78 Å². The number of hydrogen-bond acceptors (Lipinski definition) is 11. The van der Waals surface area contributed by atoms with Crippen molar-refractivity contribution in [1.29, 1.82) is 0 Å². The van der Waals surface area contributed by atoms with Crippen LogP contribution in [0.5, 0.6) is 46.0 Å². The smallest absolute Gasteiger partial charge is 0.202 e. The number of fused-ring (bicyclic) bond motifs is 2. The van der Waals surface area contributed by atoms with E-state index in [0.717, 1.165) is 18.2 Å². The summed E-state index contributed by atoms with van der Waals surface area (Å²) in [5.74, 6) is -6.19. The quantitative estimate of drug-likeness (QED) is 0.194. The number of carbonyl (C=O) groups excluding carboxylic acids is 2. The number of ether oxygens (including phenoxy) is 2. The zero-order valence-electron chi connectivity index (χ0n) is 20.9. The Morgan fingerprint density at radius 1 is 0.561 bits per heavy atom. The number of phenols is 6. The Morgan fingerprint density at radius 2 is 1.12 bits per heavy atom. The molecule has 2 heterocycles. The summed E-state index contributed by atoms with van der Waals surface area (Å²) in [6, 6.07) is 14.0. The second-order valence-corrected chi connectivity index (χ2v) is 9.78. The van der Waals surface area contributed by atoms with Crippen molar-refractivity contribution in [2.45, 2.75) is 24.2 Å². The van der Waals surface area contributed by atoms with E-state index in [1.807, 2.05) is 0 Å². The molecule has 0 bridgehead atoms. The molecular formula is C30H22O11. The molecule has 11 nitrogen and oxygen atoms in total. The van der Waals surface area contributed by atoms with Gasteiger partial charge in [-0.3, -0.25) is 9.59 Å². The van der Waals surface area contributed by atoms with Gasteiger partial charge in [-0.1, -0.05) is 24.3 Å². The van der Waals surface area contributed by atoms with Crippen LogP contribution >= 0.6 is 0 Å². The molecule has 0 amide bonds. The lowest BCUT2D eigenvalue weighted by atomic mass is 9.78. The maximum atomic E-state index is 14.1. The summed E-state index contributed by atoms with van der Waals surface area (Å²) in [6.45, 7) is 0. The van der Waals surface area contributed by atoms with E-state index in [2.05, 4.69) is 0 Å². The molecule has 0 fully saturated rings. The fraction of sp³-hybridized carbons (Fsp3) is 0.133. The van der Waals surface area contributed by atoms with E-state index in [1.54, 1.807) is 0 Å². The van der Waals surface area contributed by atoms with Crippen LogP contribution in [0.4, 0.5) is 0 Å². The predicted octanol–water partition coefficient (Wildman–Crippen LogP) is 3.70. The highest BCUT2D eigenvalue weighted by Crippen LogP contribution is 2.55. The third-order valence-electron chi connectivity index (χ3n) is 7.23. The summed E-state index contributed by atoms with van der Waals surface area (Å²) in [4.78, 5) is 27.5. The van der Waals surface area contributed by atoms with Crippen molar-refractivity contribution in [3.8, 4) is 46.0 Å². The average molecular weight is 558 g/mol. The van der Waals surface area contributed by atoms with E-state index in [1.165, 1.54) is 48.5 Å². The van der Waals surface area contributed by atoms with E-state index in [9.17, 15) is 45.3 Å². The fourth-order valence-corrected chi connectivity index (χ4v) is 5.33. The van der Waals surface area contributed by atoms with Gasteiger partial charge in [0.1, 0.15) is 63.2 Å². The Labute approximate surface area is 231 Å².